The van der Waals surface area contributed by atoms with E-state index >= 15 is 0 Å². The molecule has 2 aromatic heterocycles. The molecule has 3 heterocycles. The van der Waals surface area contributed by atoms with Gasteiger partial charge in [0.25, 0.3) is 0 Å². The monoisotopic (exact) mass is 458 g/mol. The molecule has 1 atom stereocenters. The Balaban J connectivity index is 1.29. The lowest BCUT2D eigenvalue weighted by molar-refractivity contribution is -0.137. The summed E-state index contributed by atoms with van der Waals surface area (Å²) in [5.74, 6) is -1.35. The van der Waals surface area contributed by atoms with E-state index in [2.05, 4.69) is 15.0 Å². The summed E-state index contributed by atoms with van der Waals surface area (Å²) in [7, 11) is 0. The van der Waals surface area contributed by atoms with Gasteiger partial charge >= 0.3 is 0 Å². The molecule has 0 saturated carbocycles. The molecule has 0 bridgehead atoms. The number of ether oxygens (including phenoxy) is 2. The zero-order chi connectivity index (χ0) is 22.3. The summed E-state index contributed by atoms with van der Waals surface area (Å²) in [5.41, 5.74) is 1.41. The van der Waals surface area contributed by atoms with E-state index in [0.29, 0.717) is 30.5 Å². The predicted octanol–water partition coefficient (Wildman–Crippen LogP) is 3.22. The number of carbonyl (C=O) groups excluding carboxylic acids is 1. The quantitative estimate of drug-likeness (QED) is 0.397. The van der Waals surface area contributed by atoms with Crippen molar-refractivity contribution in [3.63, 3.8) is 0 Å². The smallest absolute Gasteiger partial charge is 0.233 e. The van der Waals surface area contributed by atoms with Gasteiger partial charge in [-0.25, -0.2) is 18.7 Å². The van der Waals surface area contributed by atoms with Crippen molar-refractivity contribution >= 4 is 17.7 Å². The Hall–Kier alpha value is -3.11. The number of hydrogen-bond donors (Lipinski definition) is 0. The van der Waals surface area contributed by atoms with E-state index in [0.717, 1.165) is 23.9 Å². The van der Waals surface area contributed by atoms with Crippen LogP contribution in [0.5, 0.6) is 5.75 Å². The van der Waals surface area contributed by atoms with Gasteiger partial charge in [-0.3, -0.25) is 9.78 Å². The number of amides is 1. The van der Waals surface area contributed by atoms with Gasteiger partial charge in [-0.2, -0.15) is 0 Å². The second-order valence-corrected chi connectivity index (χ2v) is 7.89. The van der Waals surface area contributed by atoms with Gasteiger partial charge in [0.1, 0.15) is 18.5 Å². The summed E-state index contributed by atoms with van der Waals surface area (Å²) in [6.45, 7) is 1.08. The van der Waals surface area contributed by atoms with Crippen molar-refractivity contribution in [3.8, 4) is 17.1 Å². The molecule has 1 aliphatic rings. The highest BCUT2D eigenvalue weighted by Gasteiger charge is 2.25. The molecule has 1 fully saturated rings. The average Bonchev–Trinajstić information content (AvgIpc) is 2.84. The standard InChI is InChI=1S/C22H20F2N4O3S/c23-15-4-5-17(24)20(11-15)31-13-16-12-28(9-10-30-16)21(29)14-32-22-26-8-6-19(27-22)18-3-1-2-7-25-18/h1-8,11,16H,9-10,12-14H2. The van der Waals surface area contributed by atoms with Crippen molar-refractivity contribution in [2.45, 2.75) is 11.3 Å². The summed E-state index contributed by atoms with van der Waals surface area (Å²) >= 11 is 1.24. The molecule has 7 nitrogen and oxygen atoms in total. The Morgan fingerprint density at radius 1 is 1.16 bits per heavy atom. The number of rotatable bonds is 7. The summed E-state index contributed by atoms with van der Waals surface area (Å²) in [6, 6.07) is 10.3. The van der Waals surface area contributed by atoms with E-state index in [-0.39, 0.29) is 24.0 Å². The highest BCUT2D eigenvalue weighted by Crippen LogP contribution is 2.21. The van der Waals surface area contributed by atoms with Crippen LogP contribution in [0.1, 0.15) is 0 Å². The third kappa shape index (κ3) is 5.77. The topological polar surface area (TPSA) is 77.4 Å². The number of aromatic nitrogens is 3. The van der Waals surface area contributed by atoms with Crippen LogP contribution < -0.4 is 4.74 Å². The number of thioether (sulfide) groups is 1. The van der Waals surface area contributed by atoms with Crippen LogP contribution >= 0.6 is 11.8 Å². The first-order chi connectivity index (χ1) is 15.6. The molecule has 0 radical (unpaired) electrons. The van der Waals surface area contributed by atoms with Crippen LogP contribution in [-0.4, -0.2) is 63.9 Å². The number of carbonyl (C=O) groups is 1. The van der Waals surface area contributed by atoms with Crippen molar-refractivity contribution in [2.24, 2.45) is 0 Å². The van der Waals surface area contributed by atoms with Gasteiger partial charge in [0.05, 0.1) is 30.3 Å². The van der Waals surface area contributed by atoms with Crippen LogP contribution in [0.3, 0.4) is 0 Å². The van der Waals surface area contributed by atoms with E-state index in [1.165, 1.54) is 11.8 Å². The van der Waals surface area contributed by atoms with Crippen LogP contribution in [0.25, 0.3) is 11.4 Å². The SMILES string of the molecule is O=C(CSc1nccc(-c2ccccn2)n1)N1CCOC(COc2cc(F)ccc2F)C1. The second kappa shape index (κ2) is 10.5. The number of morpholine rings is 1. The molecule has 1 aromatic carbocycles. The summed E-state index contributed by atoms with van der Waals surface area (Å²) in [4.78, 5) is 27.3. The van der Waals surface area contributed by atoms with Crippen molar-refractivity contribution in [1.29, 1.82) is 0 Å². The van der Waals surface area contributed by atoms with Crippen LogP contribution in [0.15, 0.2) is 60.0 Å². The highest BCUT2D eigenvalue weighted by molar-refractivity contribution is 7.99. The minimum atomic E-state index is -0.653. The molecule has 1 unspecified atom stereocenters. The van der Waals surface area contributed by atoms with Gasteiger partial charge < -0.3 is 14.4 Å². The lowest BCUT2D eigenvalue weighted by Crippen LogP contribution is -2.48. The van der Waals surface area contributed by atoms with Gasteiger partial charge in [0, 0.05) is 25.0 Å². The van der Waals surface area contributed by atoms with Gasteiger partial charge in [0.15, 0.2) is 16.7 Å². The van der Waals surface area contributed by atoms with E-state index in [9.17, 15) is 13.6 Å². The molecule has 4 rings (SSSR count). The fourth-order valence-corrected chi connectivity index (χ4v) is 3.84. The van der Waals surface area contributed by atoms with Gasteiger partial charge in [-0.05, 0) is 30.3 Å². The molecule has 10 heteroatoms. The molecular formula is C22H20F2N4O3S. The fourth-order valence-electron chi connectivity index (χ4n) is 3.10. The molecule has 0 aliphatic carbocycles. The Labute approximate surface area is 187 Å². The molecular weight excluding hydrogens is 438 g/mol. The molecule has 32 heavy (non-hydrogen) atoms. The first kappa shape index (κ1) is 22.1. The number of pyridine rings is 1. The fraction of sp³-hybridized carbons (Fsp3) is 0.273. The maximum atomic E-state index is 13.7. The molecule has 166 valence electrons. The summed E-state index contributed by atoms with van der Waals surface area (Å²) in [6.07, 6.45) is 2.89. The number of halogens is 2. The minimum absolute atomic E-state index is 0.00648. The average molecular weight is 458 g/mol. The van der Waals surface area contributed by atoms with Crippen LogP contribution in [0, 0.1) is 11.6 Å². The first-order valence-electron chi connectivity index (χ1n) is 9.93. The van der Waals surface area contributed by atoms with Crippen LogP contribution in [0.4, 0.5) is 8.78 Å². The van der Waals surface area contributed by atoms with Crippen molar-refractivity contribution in [2.75, 3.05) is 32.1 Å². The lowest BCUT2D eigenvalue weighted by atomic mass is 10.2. The van der Waals surface area contributed by atoms with E-state index in [4.69, 9.17) is 9.47 Å². The predicted molar refractivity (Wildman–Crippen MR) is 114 cm³/mol. The van der Waals surface area contributed by atoms with Crippen LogP contribution in [-0.2, 0) is 9.53 Å². The molecule has 0 N–H and O–H groups in total. The Kier molecular flexibility index (Phi) is 7.23. The maximum Gasteiger partial charge on any atom is 0.233 e. The van der Waals surface area contributed by atoms with Crippen molar-refractivity contribution < 1.29 is 23.0 Å². The van der Waals surface area contributed by atoms with E-state index in [1.54, 1.807) is 23.4 Å². The molecule has 1 aliphatic heterocycles. The second-order valence-electron chi connectivity index (χ2n) is 6.95. The first-order valence-corrected chi connectivity index (χ1v) is 10.9. The van der Waals surface area contributed by atoms with Gasteiger partial charge in [0.2, 0.25) is 5.91 Å². The van der Waals surface area contributed by atoms with E-state index < -0.39 is 17.7 Å². The summed E-state index contributed by atoms with van der Waals surface area (Å²) < 4.78 is 38.0. The highest BCUT2D eigenvalue weighted by atomic mass is 32.2. The van der Waals surface area contributed by atoms with E-state index in [1.807, 2.05) is 18.2 Å². The molecule has 1 amide bonds. The third-order valence-corrected chi connectivity index (χ3v) is 5.54. The number of hydrogen-bond acceptors (Lipinski definition) is 7. The summed E-state index contributed by atoms with van der Waals surface area (Å²) in [5, 5.41) is 0.483. The minimum Gasteiger partial charge on any atom is -0.488 e. The number of nitrogens with zero attached hydrogens (tertiary/aromatic N) is 4. The third-order valence-electron chi connectivity index (χ3n) is 4.70. The van der Waals surface area contributed by atoms with Gasteiger partial charge in [-0.15, -0.1) is 0 Å². The van der Waals surface area contributed by atoms with Crippen molar-refractivity contribution in [1.82, 2.24) is 19.9 Å². The number of benzene rings is 1. The maximum absolute atomic E-state index is 13.7. The molecule has 3 aromatic rings. The lowest BCUT2D eigenvalue weighted by Gasteiger charge is -2.32. The zero-order valence-corrected chi connectivity index (χ0v) is 17.8. The largest absolute Gasteiger partial charge is 0.488 e. The zero-order valence-electron chi connectivity index (χ0n) is 17.0. The van der Waals surface area contributed by atoms with Gasteiger partial charge in [-0.1, -0.05) is 17.8 Å². The molecule has 1 saturated heterocycles. The van der Waals surface area contributed by atoms with Crippen molar-refractivity contribution in [3.05, 3.63) is 66.5 Å². The Bertz CT molecular complexity index is 1070. The normalized spacial score (nSPS) is 16.1. The Morgan fingerprint density at radius 2 is 2.06 bits per heavy atom. The van der Waals surface area contributed by atoms with Crippen LogP contribution in [0.2, 0.25) is 0 Å². The molecule has 0 spiro atoms. The Morgan fingerprint density at radius 3 is 2.91 bits per heavy atom.